The van der Waals surface area contributed by atoms with E-state index in [2.05, 4.69) is 5.32 Å². The molecule has 0 aliphatic heterocycles. The number of carbonyl (C=O) groups is 2. The van der Waals surface area contributed by atoms with Crippen LogP contribution in [0.4, 0.5) is 5.69 Å². The van der Waals surface area contributed by atoms with Gasteiger partial charge in [-0.25, -0.2) is 8.42 Å². The molecule has 0 bridgehead atoms. The Morgan fingerprint density at radius 2 is 1.50 bits per heavy atom. The number of rotatable bonds is 11. The van der Waals surface area contributed by atoms with Gasteiger partial charge in [-0.15, -0.1) is 0 Å². The quantitative estimate of drug-likeness (QED) is 0.268. The highest BCUT2D eigenvalue weighted by atomic mass is 35.5. The Kier molecular flexibility index (Phi) is 11.1. The van der Waals surface area contributed by atoms with Crippen molar-refractivity contribution in [3.63, 3.8) is 0 Å². The lowest BCUT2D eigenvalue weighted by atomic mass is 10.0. The number of halogens is 4. The summed E-state index contributed by atoms with van der Waals surface area (Å²) in [5.41, 5.74) is 1.25. The van der Waals surface area contributed by atoms with Crippen molar-refractivity contribution in [2.45, 2.75) is 38.9 Å². The first-order chi connectivity index (χ1) is 18.8. The average molecular weight is 645 g/mol. The van der Waals surface area contributed by atoms with E-state index in [0.717, 1.165) is 16.1 Å². The van der Waals surface area contributed by atoms with Gasteiger partial charge in [-0.2, -0.15) is 0 Å². The highest BCUT2D eigenvalue weighted by molar-refractivity contribution is 7.92. The molecule has 0 saturated carbocycles. The highest BCUT2D eigenvalue weighted by Crippen LogP contribution is 2.32. The van der Waals surface area contributed by atoms with Crippen molar-refractivity contribution >= 4 is 73.9 Å². The molecule has 0 aliphatic rings. The van der Waals surface area contributed by atoms with Crippen LogP contribution in [0.3, 0.4) is 0 Å². The lowest BCUT2D eigenvalue weighted by Gasteiger charge is -2.34. The Morgan fingerprint density at radius 1 is 0.875 bits per heavy atom. The predicted octanol–water partition coefficient (Wildman–Crippen LogP) is 6.23. The molecule has 3 rings (SSSR count). The maximum Gasteiger partial charge on any atom is 0.244 e. The van der Waals surface area contributed by atoms with Gasteiger partial charge in [-0.3, -0.25) is 13.9 Å². The zero-order valence-electron chi connectivity index (χ0n) is 22.1. The molecule has 7 nitrogen and oxygen atoms in total. The van der Waals surface area contributed by atoms with E-state index in [0.29, 0.717) is 15.6 Å². The van der Waals surface area contributed by atoms with Crippen molar-refractivity contribution in [2.24, 2.45) is 0 Å². The molecular formula is C28H29Cl4N3O4S. The molecule has 0 heterocycles. The fraction of sp³-hybridized carbons (Fsp3) is 0.286. The molecule has 0 fully saturated rings. The third kappa shape index (κ3) is 8.51. The van der Waals surface area contributed by atoms with Gasteiger partial charge in [0.15, 0.2) is 0 Å². The standard InChI is InChI=1S/C28H29Cl4N3O4S/c1-18(2)33-28(37)26(14-19-8-5-4-6-9-19)34(16-21-22(30)10-7-11-23(21)31)27(36)17-35(40(3,38)39)25-15-20(29)12-13-24(25)32/h4-13,15,18,26H,14,16-17H2,1-3H3,(H,33,37)/t26-/m1/s1. The summed E-state index contributed by atoms with van der Waals surface area (Å²) in [6, 6.07) is 17.2. The first kappa shape index (κ1) is 32.0. The summed E-state index contributed by atoms with van der Waals surface area (Å²) >= 11 is 25.4. The zero-order valence-corrected chi connectivity index (χ0v) is 25.9. The van der Waals surface area contributed by atoms with Crippen LogP contribution in [0, 0.1) is 0 Å². The number of benzene rings is 3. The summed E-state index contributed by atoms with van der Waals surface area (Å²) in [6.07, 6.45) is 1.11. The molecule has 0 aliphatic carbocycles. The van der Waals surface area contributed by atoms with E-state index >= 15 is 0 Å². The summed E-state index contributed by atoms with van der Waals surface area (Å²) in [5.74, 6) is -1.08. The number of nitrogens with zero attached hydrogens (tertiary/aromatic N) is 2. The SMILES string of the molecule is CC(C)NC(=O)[C@@H](Cc1ccccc1)N(Cc1c(Cl)cccc1Cl)C(=O)CN(c1cc(Cl)ccc1Cl)S(C)(=O)=O. The molecular weight excluding hydrogens is 616 g/mol. The molecule has 2 amide bonds. The van der Waals surface area contributed by atoms with Gasteiger partial charge in [0.2, 0.25) is 21.8 Å². The van der Waals surface area contributed by atoms with Crippen molar-refractivity contribution in [3.05, 3.63) is 97.9 Å². The minimum absolute atomic E-state index is 0.0342. The Hall–Kier alpha value is -2.49. The van der Waals surface area contributed by atoms with Crippen molar-refractivity contribution in [1.82, 2.24) is 10.2 Å². The van der Waals surface area contributed by atoms with Crippen LogP contribution < -0.4 is 9.62 Å². The second kappa shape index (κ2) is 13.9. The van der Waals surface area contributed by atoms with Gasteiger partial charge in [0.1, 0.15) is 12.6 Å². The number of nitrogens with one attached hydrogen (secondary N) is 1. The van der Waals surface area contributed by atoms with E-state index in [1.807, 2.05) is 30.3 Å². The zero-order chi connectivity index (χ0) is 29.6. The van der Waals surface area contributed by atoms with Gasteiger partial charge in [-0.1, -0.05) is 82.8 Å². The van der Waals surface area contributed by atoms with Crippen molar-refractivity contribution in [2.75, 3.05) is 17.1 Å². The topological polar surface area (TPSA) is 86.8 Å². The maximum absolute atomic E-state index is 14.1. The van der Waals surface area contributed by atoms with Gasteiger partial charge in [-0.05, 0) is 49.7 Å². The van der Waals surface area contributed by atoms with E-state index in [1.165, 1.54) is 23.1 Å². The molecule has 0 saturated heterocycles. The van der Waals surface area contributed by atoms with E-state index in [-0.39, 0.29) is 34.7 Å². The molecule has 0 spiro atoms. The first-order valence-corrected chi connectivity index (χ1v) is 15.6. The molecule has 0 unspecified atom stereocenters. The summed E-state index contributed by atoms with van der Waals surface area (Å²) in [4.78, 5) is 29.0. The van der Waals surface area contributed by atoms with Gasteiger partial charge in [0.05, 0.1) is 17.0 Å². The Balaban J connectivity index is 2.13. The number of sulfonamides is 1. The lowest BCUT2D eigenvalue weighted by molar-refractivity contribution is -0.140. The fourth-order valence-electron chi connectivity index (χ4n) is 4.06. The summed E-state index contributed by atoms with van der Waals surface area (Å²) in [6.45, 7) is 2.81. The van der Waals surface area contributed by atoms with Crippen LogP contribution in [0.5, 0.6) is 0 Å². The molecule has 12 heteroatoms. The van der Waals surface area contributed by atoms with Crippen LogP contribution in [0.15, 0.2) is 66.7 Å². The number of anilines is 1. The number of hydrogen-bond acceptors (Lipinski definition) is 4. The van der Waals surface area contributed by atoms with Gasteiger partial charge < -0.3 is 10.2 Å². The third-order valence-corrected chi connectivity index (χ3v) is 8.34. The monoisotopic (exact) mass is 643 g/mol. The van der Waals surface area contributed by atoms with E-state index in [9.17, 15) is 18.0 Å². The van der Waals surface area contributed by atoms with E-state index in [1.54, 1.807) is 32.0 Å². The first-order valence-electron chi connectivity index (χ1n) is 12.3. The second-order valence-corrected chi connectivity index (χ2v) is 13.0. The summed E-state index contributed by atoms with van der Waals surface area (Å²) in [7, 11) is -4.01. The summed E-state index contributed by atoms with van der Waals surface area (Å²) < 4.78 is 26.7. The van der Waals surface area contributed by atoms with Crippen LogP contribution in [0.2, 0.25) is 20.1 Å². The van der Waals surface area contributed by atoms with Crippen LogP contribution in [0.1, 0.15) is 25.0 Å². The molecule has 3 aromatic rings. The van der Waals surface area contributed by atoms with Crippen molar-refractivity contribution < 1.29 is 18.0 Å². The van der Waals surface area contributed by atoms with Gasteiger partial charge in [0, 0.05) is 39.6 Å². The third-order valence-electron chi connectivity index (χ3n) is 5.95. The minimum atomic E-state index is -4.01. The fourth-order valence-corrected chi connectivity index (χ4v) is 5.87. The average Bonchev–Trinajstić information content (AvgIpc) is 2.87. The minimum Gasteiger partial charge on any atom is -0.352 e. The molecule has 1 atom stereocenters. The van der Waals surface area contributed by atoms with Crippen LogP contribution >= 0.6 is 46.4 Å². The van der Waals surface area contributed by atoms with E-state index in [4.69, 9.17) is 46.4 Å². The lowest BCUT2D eigenvalue weighted by Crippen LogP contribution is -2.54. The highest BCUT2D eigenvalue weighted by Gasteiger charge is 2.34. The van der Waals surface area contributed by atoms with Crippen LogP contribution in [-0.2, 0) is 32.6 Å². The molecule has 1 N–H and O–H groups in total. The van der Waals surface area contributed by atoms with E-state index < -0.39 is 34.4 Å². The second-order valence-electron chi connectivity index (χ2n) is 9.46. The van der Waals surface area contributed by atoms with Gasteiger partial charge >= 0.3 is 0 Å². The molecule has 3 aromatic carbocycles. The molecule has 0 radical (unpaired) electrons. The van der Waals surface area contributed by atoms with Crippen LogP contribution in [-0.4, -0.2) is 50.0 Å². The number of amides is 2. The Labute approximate surface area is 255 Å². The van der Waals surface area contributed by atoms with Crippen molar-refractivity contribution in [3.8, 4) is 0 Å². The maximum atomic E-state index is 14.1. The van der Waals surface area contributed by atoms with Crippen molar-refractivity contribution in [1.29, 1.82) is 0 Å². The van der Waals surface area contributed by atoms with Crippen LogP contribution in [0.25, 0.3) is 0 Å². The Morgan fingerprint density at radius 3 is 2.08 bits per heavy atom. The smallest absolute Gasteiger partial charge is 0.244 e. The number of hydrogen-bond donors (Lipinski definition) is 1. The largest absolute Gasteiger partial charge is 0.352 e. The predicted molar refractivity (Wildman–Crippen MR) is 163 cm³/mol. The number of carbonyl (C=O) groups excluding carboxylic acids is 2. The molecule has 0 aromatic heterocycles. The van der Waals surface area contributed by atoms with Gasteiger partial charge in [0.25, 0.3) is 0 Å². The molecule has 214 valence electrons. The Bertz CT molecular complexity index is 1450. The normalized spacial score (nSPS) is 12.2. The summed E-state index contributed by atoms with van der Waals surface area (Å²) in [5, 5.41) is 3.79. The molecule has 40 heavy (non-hydrogen) atoms.